The maximum atomic E-state index is 13.1. The third-order valence-electron chi connectivity index (χ3n) is 8.12. The molecule has 1 unspecified atom stereocenters. The largest absolute Gasteiger partial charge is 0.494 e. The van der Waals surface area contributed by atoms with Gasteiger partial charge in [0.15, 0.2) is 0 Å². The number of H-pyrrole nitrogens is 1. The normalized spacial score (nSPS) is 17.6. The Balaban J connectivity index is 1.21. The van der Waals surface area contributed by atoms with E-state index in [4.69, 9.17) is 25.8 Å². The van der Waals surface area contributed by atoms with Gasteiger partial charge in [-0.2, -0.15) is 0 Å². The van der Waals surface area contributed by atoms with Crippen LogP contribution in [0, 0.1) is 0 Å². The molecule has 2 aromatic carbocycles. The molecule has 1 aromatic heterocycles. The van der Waals surface area contributed by atoms with Crippen LogP contribution in [-0.2, 0) is 15.9 Å². The number of aromatic amines is 1. The summed E-state index contributed by atoms with van der Waals surface area (Å²) in [7, 11) is 1.60. The van der Waals surface area contributed by atoms with Crippen LogP contribution < -0.4 is 4.74 Å². The highest BCUT2D eigenvalue weighted by Crippen LogP contribution is 2.39. The van der Waals surface area contributed by atoms with Gasteiger partial charge >= 0.3 is 6.09 Å². The van der Waals surface area contributed by atoms with Crippen molar-refractivity contribution >= 4 is 28.6 Å². The summed E-state index contributed by atoms with van der Waals surface area (Å²) in [5.74, 6) is 0.853. The minimum absolute atomic E-state index is 0.221. The number of methoxy groups -OCH3 is 1. The number of piperidine rings is 1. The molecule has 0 bridgehead atoms. The van der Waals surface area contributed by atoms with Crippen molar-refractivity contribution in [1.82, 2.24) is 14.8 Å². The third kappa shape index (κ3) is 7.12. The minimum Gasteiger partial charge on any atom is -0.494 e. The third-order valence-corrected chi connectivity index (χ3v) is 8.35. The summed E-state index contributed by atoms with van der Waals surface area (Å²) < 4.78 is 16.7. The number of fused-ring (bicyclic) bond motifs is 3. The summed E-state index contributed by atoms with van der Waals surface area (Å²) in [5, 5.41) is 1.81. The van der Waals surface area contributed by atoms with E-state index in [2.05, 4.69) is 22.0 Å². The number of likely N-dealkylation sites (tertiary alicyclic amines) is 1. The highest BCUT2D eigenvalue weighted by Gasteiger charge is 2.35. The second-order valence-corrected chi connectivity index (χ2v) is 11.3. The summed E-state index contributed by atoms with van der Waals surface area (Å²) in [6.45, 7) is 5.66. The summed E-state index contributed by atoms with van der Waals surface area (Å²) in [5.41, 5.74) is 4.23. The maximum Gasteiger partial charge on any atom is 0.410 e. The number of amides is 1. The first kappa shape index (κ1) is 28.8. The molecular formula is C32H42ClN3O4. The molecule has 1 atom stereocenters. The number of nitrogens with zero attached hydrogens (tertiary/aromatic N) is 2. The predicted octanol–water partition coefficient (Wildman–Crippen LogP) is 6.98. The van der Waals surface area contributed by atoms with Crippen LogP contribution >= 0.6 is 11.6 Å². The van der Waals surface area contributed by atoms with E-state index in [-0.39, 0.29) is 18.7 Å². The number of ether oxygens (including phenoxy) is 3. The molecule has 5 rings (SSSR count). The van der Waals surface area contributed by atoms with Crippen molar-refractivity contribution in [3.8, 4) is 5.75 Å². The standard InChI is InChI=1S/C32H42ClN3O4/c1-38-21-22-40-32(37)36-19-15-27-28-23-25(33)11-14-29(28)34-30(27)31(36)24-9-12-26(13-10-24)39-20-8-3-2-5-16-35-17-6-4-7-18-35/h9-14,23,31,34H,2-8,15-22H2,1H3. The van der Waals surface area contributed by atoms with Crippen molar-refractivity contribution in [2.45, 2.75) is 57.4 Å². The van der Waals surface area contributed by atoms with E-state index >= 15 is 0 Å². The molecule has 3 heterocycles. The number of carbonyl (C=O) groups is 1. The van der Waals surface area contributed by atoms with Gasteiger partial charge in [0, 0.05) is 35.3 Å². The Morgan fingerprint density at radius 1 is 0.950 bits per heavy atom. The minimum atomic E-state index is -0.343. The van der Waals surface area contributed by atoms with Crippen LogP contribution in [0.4, 0.5) is 4.79 Å². The van der Waals surface area contributed by atoms with E-state index in [0.29, 0.717) is 18.2 Å². The summed E-state index contributed by atoms with van der Waals surface area (Å²) in [6.07, 6.45) is 9.30. The van der Waals surface area contributed by atoms with E-state index in [9.17, 15) is 4.79 Å². The first-order chi connectivity index (χ1) is 19.6. The topological polar surface area (TPSA) is 67.0 Å². The number of halogens is 1. The van der Waals surface area contributed by atoms with E-state index in [1.165, 1.54) is 63.7 Å². The van der Waals surface area contributed by atoms with Crippen LogP contribution in [0.1, 0.15) is 67.8 Å². The lowest BCUT2D eigenvalue weighted by atomic mass is 9.92. The molecule has 1 fully saturated rings. The van der Waals surface area contributed by atoms with E-state index in [0.717, 1.165) is 47.4 Å². The molecule has 1 amide bonds. The van der Waals surface area contributed by atoms with Gasteiger partial charge in [-0.3, -0.25) is 4.90 Å². The number of carbonyl (C=O) groups excluding carboxylic acids is 1. The highest BCUT2D eigenvalue weighted by molar-refractivity contribution is 6.31. The summed E-state index contributed by atoms with van der Waals surface area (Å²) in [4.78, 5) is 21.1. The zero-order valence-electron chi connectivity index (χ0n) is 23.6. The zero-order chi connectivity index (χ0) is 27.7. The summed E-state index contributed by atoms with van der Waals surface area (Å²) >= 11 is 6.32. The zero-order valence-corrected chi connectivity index (χ0v) is 24.4. The molecule has 2 aliphatic heterocycles. The highest BCUT2D eigenvalue weighted by atomic mass is 35.5. The van der Waals surface area contributed by atoms with Crippen molar-refractivity contribution in [2.75, 3.05) is 53.1 Å². The van der Waals surface area contributed by atoms with Crippen molar-refractivity contribution < 1.29 is 19.0 Å². The molecular weight excluding hydrogens is 526 g/mol. The molecule has 40 heavy (non-hydrogen) atoms. The fourth-order valence-corrected chi connectivity index (χ4v) is 6.18. The quantitative estimate of drug-likeness (QED) is 0.239. The van der Waals surface area contributed by atoms with Crippen LogP contribution in [0.3, 0.4) is 0 Å². The smallest absolute Gasteiger partial charge is 0.410 e. The van der Waals surface area contributed by atoms with Crippen LogP contribution in [0.5, 0.6) is 5.75 Å². The second kappa shape index (κ2) is 14.2. The van der Waals surface area contributed by atoms with Gasteiger partial charge in [-0.25, -0.2) is 4.79 Å². The molecule has 1 N–H and O–H groups in total. The first-order valence-corrected chi connectivity index (χ1v) is 15.2. The Kier molecular flexibility index (Phi) is 10.2. The van der Waals surface area contributed by atoms with Crippen LogP contribution in [0.2, 0.25) is 5.02 Å². The number of hydrogen-bond acceptors (Lipinski definition) is 5. The molecule has 0 spiro atoms. The van der Waals surface area contributed by atoms with Gasteiger partial charge in [-0.05, 0) is 93.2 Å². The van der Waals surface area contributed by atoms with Gasteiger partial charge in [-0.1, -0.05) is 43.0 Å². The summed E-state index contributed by atoms with van der Waals surface area (Å²) in [6, 6.07) is 13.7. The van der Waals surface area contributed by atoms with E-state index in [1.807, 2.05) is 30.3 Å². The Morgan fingerprint density at radius 3 is 2.55 bits per heavy atom. The lowest BCUT2D eigenvalue weighted by Gasteiger charge is -2.35. The van der Waals surface area contributed by atoms with Gasteiger partial charge in [0.1, 0.15) is 18.4 Å². The molecule has 8 heteroatoms. The Hall–Kier alpha value is -2.74. The number of benzene rings is 2. The number of unbranched alkanes of at least 4 members (excludes halogenated alkanes) is 3. The van der Waals surface area contributed by atoms with Crippen LogP contribution in [0.15, 0.2) is 42.5 Å². The second-order valence-electron chi connectivity index (χ2n) is 10.9. The lowest BCUT2D eigenvalue weighted by molar-refractivity contribution is 0.0629. The monoisotopic (exact) mass is 567 g/mol. The van der Waals surface area contributed by atoms with Crippen LogP contribution in [-0.4, -0.2) is 74.0 Å². The van der Waals surface area contributed by atoms with Gasteiger partial charge in [0.25, 0.3) is 0 Å². The molecule has 0 radical (unpaired) electrons. The molecule has 1 saturated heterocycles. The van der Waals surface area contributed by atoms with Crippen molar-refractivity contribution in [3.05, 3.63) is 64.3 Å². The van der Waals surface area contributed by atoms with Gasteiger partial charge in [0.05, 0.1) is 13.2 Å². The number of hydrogen-bond donors (Lipinski definition) is 1. The Morgan fingerprint density at radius 2 is 1.75 bits per heavy atom. The average molecular weight is 568 g/mol. The van der Waals surface area contributed by atoms with Crippen molar-refractivity contribution in [1.29, 1.82) is 0 Å². The van der Waals surface area contributed by atoms with Crippen molar-refractivity contribution in [3.63, 3.8) is 0 Å². The van der Waals surface area contributed by atoms with Gasteiger partial charge < -0.3 is 24.1 Å². The first-order valence-electron chi connectivity index (χ1n) is 14.8. The van der Waals surface area contributed by atoms with Crippen molar-refractivity contribution in [2.24, 2.45) is 0 Å². The Labute approximate surface area is 242 Å². The molecule has 7 nitrogen and oxygen atoms in total. The lowest BCUT2D eigenvalue weighted by Crippen LogP contribution is -2.41. The molecule has 0 saturated carbocycles. The average Bonchev–Trinajstić information content (AvgIpc) is 3.35. The number of nitrogens with one attached hydrogen (secondary N) is 1. The number of aromatic nitrogens is 1. The Bertz CT molecular complexity index is 1240. The van der Waals surface area contributed by atoms with Gasteiger partial charge in [0.2, 0.25) is 0 Å². The maximum absolute atomic E-state index is 13.1. The fraction of sp³-hybridized carbons (Fsp3) is 0.531. The van der Waals surface area contributed by atoms with Gasteiger partial charge in [-0.15, -0.1) is 0 Å². The molecule has 2 aliphatic rings. The fourth-order valence-electron chi connectivity index (χ4n) is 6.01. The van der Waals surface area contributed by atoms with Crippen LogP contribution in [0.25, 0.3) is 10.9 Å². The molecule has 216 valence electrons. The van der Waals surface area contributed by atoms with E-state index < -0.39 is 0 Å². The predicted molar refractivity (Wildman–Crippen MR) is 159 cm³/mol. The molecule has 0 aliphatic carbocycles. The van der Waals surface area contributed by atoms with E-state index in [1.54, 1.807) is 12.0 Å². The SMILES string of the molecule is COCCOC(=O)N1CCc2c([nH]c3ccc(Cl)cc23)C1c1ccc(OCCCCCCN2CCCCC2)cc1. The number of rotatable bonds is 12. The molecule has 3 aromatic rings.